The molecule has 1 N–H and O–H groups in total. The van der Waals surface area contributed by atoms with E-state index in [0.717, 1.165) is 0 Å². The molecule has 0 saturated heterocycles. The van der Waals surface area contributed by atoms with E-state index < -0.39 is 5.97 Å². The van der Waals surface area contributed by atoms with Crippen LogP contribution in [0.5, 0.6) is 0 Å². The van der Waals surface area contributed by atoms with Crippen molar-refractivity contribution in [3.05, 3.63) is 0 Å². The Morgan fingerprint density at radius 1 is 0.815 bits per heavy atom. The Kier molecular flexibility index (Phi) is 18.5. The quantitative estimate of drug-likeness (QED) is 0.396. The minimum atomic E-state index is -1.05. The molecule has 0 aliphatic rings. The predicted octanol–water partition coefficient (Wildman–Crippen LogP) is 4.54. The second-order valence-electron chi connectivity index (χ2n) is 8.84. The van der Waals surface area contributed by atoms with Crippen molar-refractivity contribution >= 4 is 5.97 Å². The number of unbranched alkanes of at least 4 members (excludes halogenated alkanes) is 4. The number of carboxylic acids is 1. The number of carbonyl (C=O) groups is 1. The summed E-state index contributed by atoms with van der Waals surface area (Å²) in [5.41, 5.74) is -0.292. The number of aliphatic hydroxyl groups excluding tert-OH is 1. The monoisotopic (exact) mass is 387 g/mol. The summed E-state index contributed by atoms with van der Waals surface area (Å²) in [6, 6.07) is 0. The first-order valence-electron chi connectivity index (χ1n) is 11.4. The van der Waals surface area contributed by atoms with Gasteiger partial charge in [-0.05, 0) is 43.9 Å². The van der Waals surface area contributed by atoms with Gasteiger partial charge in [0.1, 0.15) is 0 Å². The minimum absolute atomic E-state index is 0.0142. The van der Waals surface area contributed by atoms with Crippen LogP contribution < -0.4 is 5.11 Å². The topological polar surface area (TPSA) is 60.4 Å². The van der Waals surface area contributed by atoms with Crippen molar-refractivity contribution in [1.29, 1.82) is 0 Å². The Bertz CT molecular complexity index is 305. The van der Waals surface area contributed by atoms with Gasteiger partial charge in [0.2, 0.25) is 0 Å². The average molecular weight is 388 g/mol. The number of hydrogen-bond donors (Lipinski definition) is 1. The van der Waals surface area contributed by atoms with Crippen LogP contribution in [-0.2, 0) is 4.79 Å². The van der Waals surface area contributed by atoms with Crippen LogP contribution in [0.15, 0.2) is 0 Å². The third-order valence-corrected chi connectivity index (χ3v) is 5.38. The van der Waals surface area contributed by atoms with Crippen LogP contribution in [0.1, 0.15) is 106 Å². The summed E-state index contributed by atoms with van der Waals surface area (Å²) in [5, 5.41) is 18.7. The molecule has 0 aromatic carbocycles. The Hall–Kier alpha value is -0.610. The zero-order valence-corrected chi connectivity index (χ0v) is 19.3. The standard InChI is InChI=1S/C16H36N.C7H14O3/c1-5-9-13-17(14-10-6-2,15-11-7-3)16-12-8-4;1-7(2,5-8)4-3-6(9)10/h5-16H2,1-4H3;8H,3-5H2,1-2H3,(H,9,10)/q+1;/p-1. The van der Waals surface area contributed by atoms with Crippen molar-refractivity contribution in [2.24, 2.45) is 5.41 Å². The molecule has 0 aromatic rings. The fourth-order valence-electron chi connectivity index (χ4n) is 3.16. The number of rotatable bonds is 16. The Morgan fingerprint density at radius 2 is 1.15 bits per heavy atom. The van der Waals surface area contributed by atoms with E-state index in [1.165, 1.54) is 82.0 Å². The van der Waals surface area contributed by atoms with Crippen LogP contribution in [0.3, 0.4) is 0 Å². The van der Waals surface area contributed by atoms with Gasteiger partial charge in [0.15, 0.2) is 0 Å². The van der Waals surface area contributed by atoms with Crippen LogP contribution in [-0.4, -0.2) is 48.3 Å². The highest BCUT2D eigenvalue weighted by Gasteiger charge is 2.24. The van der Waals surface area contributed by atoms with Gasteiger partial charge in [0.05, 0.1) is 26.2 Å². The molecule has 0 fully saturated rings. The Morgan fingerprint density at radius 3 is 1.37 bits per heavy atom. The highest BCUT2D eigenvalue weighted by Crippen LogP contribution is 2.20. The first kappa shape index (κ1) is 28.6. The number of aliphatic carboxylic acids is 1. The lowest BCUT2D eigenvalue weighted by Crippen LogP contribution is -2.50. The maximum Gasteiger partial charge on any atom is 0.0786 e. The summed E-state index contributed by atoms with van der Waals surface area (Å²) in [7, 11) is 0. The first-order chi connectivity index (χ1) is 12.7. The van der Waals surface area contributed by atoms with Crippen LogP contribution in [0.25, 0.3) is 0 Å². The number of aliphatic hydroxyl groups is 1. The van der Waals surface area contributed by atoms with E-state index in [1.54, 1.807) is 0 Å². The number of carbonyl (C=O) groups excluding carboxylic acids is 1. The molecule has 0 heterocycles. The molecule has 0 unspecified atom stereocenters. The molecule has 0 amide bonds. The van der Waals surface area contributed by atoms with E-state index >= 15 is 0 Å². The van der Waals surface area contributed by atoms with E-state index in [9.17, 15) is 9.90 Å². The Balaban J connectivity index is 0. The van der Waals surface area contributed by atoms with Crippen molar-refractivity contribution in [2.45, 2.75) is 106 Å². The highest BCUT2D eigenvalue weighted by atomic mass is 16.4. The zero-order chi connectivity index (χ0) is 21.2. The van der Waals surface area contributed by atoms with Gasteiger partial charge in [-0.1, -0.05) is 67.2 Å². The average Bonchev–Trinajstić information content (AvgIpc) is 2.66. The normalized spacial score (nSPS) is 11.8. The van der Waals surface area contributed by atoms with Gasteiger partial charge in [0, 0.05) is 12.6 Å². The molecule has 0 rings (SSSR count). The fourth-order valence-corrected chi connectivity index (χ4v) is 3.16. The molecule has 27 heavy (non-hydrogen) atoms. The molecule has 0 radical (unpaired) electrons. The highest BCUT2D eigenvalue weighted by molar-refractivity contribution is 5.64. The lowest BCUT2D eigenvalue weighted by atomic mass is 9.89. The second kappa shape index (κ2) is 17.5. The van der Waals surface area contributed by atoms with Crippen molar-refractivity contribution in [3.8, 4) is 0 Å². The summed E-state index contributed by atoms with van der Waals surface area (Å²) >= 11 is 0. The van der Waals surface area contributed by atoms with Gasteiger partial charge in [-0.2, -0.15) is 0 Å². The summed E-state index contributed by atoms with van der Waals surface area (Å²) in [6.45, 7) is 18.7. The number of hydrogen-bond acceptors (Lipinski definition) is 3. The van der Waals surface area contributed by atoms with E-state index in [4.69, 9.17) is 5.11 Å². The number of nitrogens with zero attached hydrogens (tertiary/aromatic N) is 1. The van der Waals surface area contributed by atoms with E-state index in [2.05, 4.69) is 27.7 Å². The largest absolute Gasteiger partial charge is 0.550 e. The van der Waals surface area contributed by atoms with E-state index in [-0.39, 0.29) is 18.4 Å². The lowest BCUT2D eigenvalue weighted by molar-refractivity contribution is -0.929. The molecule has 0 spiro atoms. The summed E-state index contributed by atoms with van der Waals surface area (Å²) in [5.74, 6) is -1.05. The van der Waals surface area contributed by atoms with Crippen LogP contribution >= 0.6 is 0 Å². The van der Waals surface area contributed by atoms with Crippen molar-refractivity contribution < 1.29 is 19.5 Å². The molecular weight excluding hydrogens is 338 g/mol. The maximum atomic E-state index is 9.97. The van der Waals surface area contributed by atoms with Crippen molar-refractivity contribution in [3.63, 3.8) is 0 Å². The van der Waals surface area contributed by atoms with E-state index in [1.807, 2.05) is 13.8 Å². The third-order valence-electron chi connectivity index (χ3n) is 5.38. The first-order valence-corrected chi connectivity index (χ1v) is 11.4. The molecule has 0 atom stereocenters. The predicted molar refractivity (Wildman–Crippen MR) is 114 cm³/mol. The Labute approximate surface area is 169 Å². The molecule has 0 aliphatic carbocycles. The van der Waals surface area contributed by atoms with Crippen LogP contribution in [0, 0.1) is 5.41 Å². The third kappa shape index (κ3) is 17.2. The summed E-state index contributed by atoms with van der Waals surface area (Å²) < 4.78 is 1.42. The van der Waals surface area contributed by atoms with Crippen LogP contribution in [0.4, 0.5) is 0 Å². The molecular formula is C23H49NO3. The minimum Gasteiger partial charge on any atom is -0.550 e. The summed E-state index contributed by atoms with van der Waals surface area (Å²) in [6.07, 6.45) is 11.5. The number of carboxylic acid groups (broad SMARTS) is 1. The fraction of sp³-hybridized carbons (Fsp3) is 0.957. The van der Waals surface area contributed by atoms with Gasteiger partial charge >= 0.3 is 0 Å². The van der Waals surface area contributed by atoms with Crippen LogP contribution in [0.2, 0.25) is 0 Å². The SMILES string of the molecule is CC(C)(CO)CCC(=O)[O-].CCCC[N+](CCCC)(CCCC)CCCC. The van der Waals surface area contributed by atoms with Crippen molar-refractivity contribution in [2.75, 3.05) is 32.8 Å². The molecule has 4 heteroatoms. The van der Waals surface area contributed by atoms with Crippen molar-refractivity contribution in [1.82, 2.24) is 0 Å². The molecule has 0 bridgehead atoms. The van der Waals surface area contributed by atoms with Gasteiger partial charge in [-0.15, -0.1) is 0 Å². The molecule has 0 aliphatic heterocycles. The molecule has 0 aromatic heterocycles. The molecule has 164 valence electrons. The lowest BCUT2D eigenvalue weighted by Gasteiger charge is -2.39. The molecule has 0 saturated carbocycles. The van der Waals surface area contributed by atoms with Gasteiger partial charge in [0.25, 0.3) is 0 Å². The maximum absolute atomic E-state index is 9.97. The number of quaternary nitrogens is 1. The van der Waals surface area contributed by atoms with Gasteiger partial charge < -0.3 is 19.5 Å². The smallest absolute Gasteiger partial charge is 0.0786 e. The van der Waals surface area contributed by atoms with E-state index in [0.29, 0.717) is 6.42 Å². The summed E-state index contributed by atoms with van der Waals surface area (Å²) in [4.78, 5) is 9.97. The second-order valence-corrected chi connectivity index (χ2v) is 8.84. The van der Waals surface area contributed by atoms with Gasteiger partial charge in [-0.3, -0.25) is 0 Å². The van der Waals surface area contributed by atoms with Gasteiger partial charge in [-0.25, -0.2) is 0 Å². The molecule has 4 nitrogen and oxygen atoms in total. The zero-order valence-electron chi connectivity index (χ0n) is 19.3.